The van der Waals surface area contributed by atoms with Crippen molar-refractivity contribution in [2.24, 2.45) is 5.92 Å². The molecule has 4 nitrogen and oxygen atoms in total. The minimum absolute atomic E-state index is 0.247. The van der Waals surface area contributed by atoms with Gasteiger partial charge in [0.15, 0.2) is 0 Å². The second-order valence-corrected chi connectivity index (χ2v) is 5.64. The fourth-order valence-electron chi connectivity index (χ4n) is 1.71. The zero-order valence-corrected chi connectivity index (χ0v) is 11.2. The van der Waals surface area contributed by atoms with E-state index in [2.05, 4.69) is 19.2 Å². The molecule has 0 spiro atoms. The number of rotatable bonds is 9. The fourth-order valence-corrected chi connectivity index (χ4v) is 1.71. The molecule has 0 aromatic rings. The zero-order chi connectivity index (χ0) is 12.9. The van der Waals surface area contributed by atoms with Gasteiger partial charge in [-0.25, -0.2) is 0 Å². The Kier molecular flexibility index (Phi) is 5.40. The lowest BCUT2D eigenvalue weighted by Gasteiger charge is -2.26. The molecule has 1 aliphatic rings. The minimum atomic E-state index is -0.932. The summed E-state index contributed by atoms with van der Waals surface area (Å²) in [5, 5.41) is 12.4. The molecule has 0 saturated heterocycles. The van der Waals surface area contributed by atoms with Crippen LogP contribution in [0.4, 0.5) is 0 Å². The number of aliphatic carboxylic acids is 1. The summed E-state index contributed by atoms with van der Waals surface area (Å²) < 4.78 is 5.50. The van der Waals surface area contributed by atoms with Crippen molar-refractivity contribution in [3.63, 3.8) is 0 Å². The Bertz CT molecular complexity index is 251. The maximum Gasteiger partial charge on any atom is 0.326 e. The Morgan fingerprint density at radius 3 is 2.65 bits per heavy atom. The Morgan fingerprint density at radius 1 is 1.53 bits per heavy atom. The summed E-state index contributed by atoms with van der Waals surface area (Å²) >= 11 is 0. The Morgan fingerprint density at radius 2 is 2.18 bits per heavy atom. The van der Waals surface area contributed by atoms with Gasteiger partial charge in [-0.05, 0) is 38.5 Å². The quantitative estimate of drug-likeness (QED) is 0.608. The van der Waals surface area contributed by atoms with Crippen LogP contribution >= 0.6 is 0 Å². The Hall–Kier alpha value is -0.610. The van der Waals surface area contributed by atoms with Gasteiger partial charge in [0.25, 0.3) is 0 Å². The van der Waals surface area contributed by atoms with Gasteiger partial charge in [0, 0.05) is 12.6 Å². The van der Waals surface area contributed by atoms with Crippen molar-refractivity contribution < 1.29 is 14.6 Å². The van der Waals surface area contributed by atoms with Gasteiger partial charge in [0.2, 0.25) is 0 Å². The number of carboxylic acids is 1. The summed E-state index contributed by atoms with van der Waals surface area (Å²) in [7, 11) is 0. The number of carbonyl (C=O) groups is 1. The molecular weight excluding hydrogens is 218 g/mol. The molecule has 1 aliphatic carbocycles. The third-order valence-corrected chi connectivity index (χ3v) is 3.03. The van der Waals surface area contributed by atoms with Gasteiger partial charge in [0.1, 0.15) is 5.54 Å². The molecule has 1 rings (SSSR count). The summed E-state index contributed by atoms with van der Waals surface area (Å²) in [5.41, 5.74) is -0.932. The van der Waals surface area contributed by atoms with Crippen LogP contribution in [-0.4, -0.2) is 35.9 Å². The van der Waals surface area contributed by atoms with Crippen molar-refractivity contribution in [1.29, 1.82) is 0 Å². The Balaban J connectivity index is 2.21. The molecule has 0 heterocycles. The maximum atomic E-state index is 11.2. The van der Waals surface area contributed by atoms with Crippen molar-refractivity contribution in [3.8, 4) is 0 Å². The highest BCUT2D eigenvalue weighted by atomic mass is 16.5. The molecule has 0 amide bonds. The number of ether oxygens (including phenoxy) is 1. The van der Waals surface area contributed by atoms with E-state index in [-0.39, 0.29) is 6.61 Å². The van der Waals surface area contributed by atoms with Crippen LogP contribution in [0.1, 0.15) is 46.5 Å². The second-order valence-electron chi connectivity index (χ2n) is 5.64. The van der Waals surface area contributed by atoms with Crippen molar-refractivity contribution in [3.05, 3.63) is 0 Å². The van der Waals surface area contributed by atoms with Crippen LogP contribution in [0.15, 0.2) is 0 Å². The lowest BCUT2D eigenvalue weighted by molar-refractivity contribution is -0.147. The summed E-state index contributed by atoms with van der Waals surface area (Å²) in [5.74, 6) is -0.151. The average Bonchev–Trinajstić information content (AvgIpc) is 3.00. The van der Waals surface area contributed by atoms with Crippen molar-refractivity contribution in [2.75, 3.05) is 13.2 Å². The predicted octanol–water partition coefficient (Wildman–Crippen LogP) is 2.03. The number of nitrogens with one attached hydrogen (secondary N) is 1. The average molecular weight is 243 g/mol. The van der Waals surface area contributed by atoms with Crippen LogP contribution in [0, 0.1) is 5.92 Å². The molecule has 1 atom stereocenters. The van der Waals surface area contributed by atoms with Gasteiger partial charge in [-0.15, -0.1) is 0 Å². The van der Waals surface area contributed by atoms with Crippen LogP contribution in [0.2, 0.25) is 0 Å². The van der Waals surface area contributed by atoms with Crippen LogP contribution in [-0.2, 0) is 9.53 Å². The first kappa shape index (κ1) is 14.5. The Labute approximate surface area is 104 Å². The molecule has 100 valence electrons. The molecule has 1 unspecified atom stereocenters. The summed E-state index contributed by atoms with van der Waals surface area (Å²) in [6.45, 7) is 6.95. The standard InChI is InChI=1S/C13H25NO3/c1-10(2)5-4-8-17-9-13(3,12(15)16)14-11-6-7-11/h10-11,14H,4-9H2,1-3H3,(H,15,16). The van der Waals surface area contributed by atoms with Crippen LogP contribution in [0.5, 0.6) is 0 Å². The van der Waals surface area contributed by atoms with E-state index in [1.165, 1.54) is 0 Å². The molecule has 2 N–H and O–H groups in total. The van der Waals surface area contributed by atoms with E-state index < -0.39 is 11.5 Å². The first-order valence-corrected chi connectivity index (χ1v) is 6.53. The smallest absolute Gasteiger partial charge is 0.326 e. The van der Waals surface area contributed by atoms with Crippen LogP contribution < -0.4 is 5.32 Å². The molecule has 0 bridgehead atoms. The monoisotopic (exact) mass is 243 g/mol. The SMILES string of the molecule is CC(C)CCCOCC(C)(NC1CC1)C(=O)O. The highest BCUT2D eigenvalue weighted by molar-refractivity contribution is 5.78. The first-order chi connectivity index (χ1) is 7.94. The third kappa shape index (κ3) is 5.50. The highest BCUT2D eigenvalue weighted by Gasteiger charge is 2.38. The molecule has 0 radical (unpaired) electrons. The zero-order valence-electron chi connectivity index (χ0n) is 11.2. The normalized spacial score (nSPS) is 19.3. The molecule has 0 aromatic heterocycles. The van der Waals surface area contributed by atoms with Crippen LogP contribution in [0.3, 0.4) is 0 Å². The van der Waals surface area contributed by atoms with Crippen molar-refractivity contribution in [1.82, 2.24) is 5.32 Å². The molecule has 17 heavy (non-hydrogen) atoms. The molecule has 1 saturated carbocycles. The number of hydrogen-bond acceptors (Lipinski definition) is 3. The topological polar surface area (TPSA) is 58.6 Å². The largest absolute Gasteiger partial charge is 0.480 e. The number of carboxylic acid groups (broad SMARTS) is 1. The maximum absolute atomic E-state index is 11.2. The lowest BCUT2D eigenvalue weighted by Crippen LogP contribution is -2.54. The van der Waals surface area contributed by atoms with Gasteiger partial charge < -0.3 is 9.84 Å². The van der Waals surface area contributed by atoms with E-state index in [1.54, 1.807) is 6.92 Å². The van der Waals surface area contributed by atoms with Gasteiger partial charge in [-0.1, -0.05) is 13.8 Å². The minimum Gasteiger partial charge on any atom is -0.480 e. The van der Waals surface area contributed by atoms with E-state index in [0.717, 1.165) is 25.7 Å². The molecule has 0 aliphatic heterocycles. The van der Waals surface area contributed by atoms with Gasteiger partial charge in [-0.3, -0.25) is 10.1 Å². The van der Waals surface area contributed by atoms with Gasteiger partial charge >= 0.3 is 5.97 Å². The molecule has 4 heteroatoms. The molecular formula is C13H25NO3. The third-order valence-electron chi connectivity index (χ3n) is 3.03. The summed E-state index contributed by atoms with van der Waals surface area (Å²) in [6.07, 6.45) is 4.28. The van der Waals surface area contributed by atoms with E-state index in [9.17, 15) is 9.90 Å². The van der Waals surface area contributed by atoms with Gasteiger partial charge in [0.05, 0.1) is 6.61 Å². The van der Waals surface area contributed by atoms with Crippen molar-refractivity contribution >= 4 is 5.97 Å². The number of hydrogen-bond donors (Lipinski definition) is 2. The lowest BCUT2D eigenvalue weighted by atomic mass is 10.0. The van der Waals surface area contributed by atoms with E-state index in [1.807, 2.05) is 0 Å². The summed E-state index contributed by atoms with van der Waals surface area (Å²) in [6, 6.07) is 0.371. The first-order valence-electron chi connectivity index (χ1n) is 6.53. The summed E-state index contributed by atoms with van der Waals surface area (Å²) in [4.78, 5) is 11.2. The molecule has 1 fully saturated rings. The highest BCUT2D eigenvalue weighted by Crippen LogP contribution is 2.23. The van der Waals surface area contributed by atoms with Gasteiger partial charge in [-0.2, -0.15) is 0 Å². The fraction of sp³-hybridized carbons (Fsp3) is 0.923. The van der Waals surface area contributed by atoms with Crippen LogP contribution in [0.25, 0.3) is 0 Å². The predicted molar refractivity (Wildman–Crippen MR) is 67.1 cm³/mol. The van der Waals surface area contributed by atoms with Crippen molar-refractivity contribution in [2.45, 2.75) is 58.0 Å². The molecule has 0 aromatic carbocycles. The van der Waals surface area contributed by atoms with E-state index in [0.29, 0.717) is 18.6 Å². The van der Waals surface area contributed by atoms with E-state index in [4.69, 9.17) is 4.74 Å². The second kappa shape index (κ2) is 6.36. The van der Waals surface area contributed by atoms with E-state index >= 15 is 0 Å².